The van der Waals surface area contributed by atoms with Crippen molar-refractivity contribution in [2.75, 3.05) is 0 Å². The van der Waals surface area contributed by atoms with Crippen LogP contribution in [0.1, 0.15) is 31.8 Å². The van der Waals surface area contributed by atoms with Gasteiger partial charge in [-0.25, -0.2) is 0 Å². The second-order valence-electron chi connectivity index (χ2n) is 5.00. The zero-order valence-electron chi connectivity index (χ0n) is 10.5. The highest BCUT2D eigenvalue weighted by molar-refractivity contribution is 7.97. The molecule has 0 radical (unpaired) electrons. The zero-order chi connectivity index (χ0) is 13.2. The molecule has 0 aliphatic carbocycles. The van der Waals surface area contributed by atoms with Gasteiger partial charge < -0.3 is 4.52 Å². The fraction of sp³-hybridized carbons (Fsp3) is 0.417. The van der Waals surface area contributed by atoms with E-state index < -0.39 is 0 Å². The summed E-state index contributed by atoms with van der Waals surface area (Å²) >= 11 is 1.34. The summed E-state index contributed by atoms with van der Waals surface area (Å²) in [6.07, 6.45) is 3.20. The maximum atomic E-state index is 11.7. The Kier molecular flexibility index (Phi) is 3.56. The molecule has 2 aromatic rings. The van der Waals surface area contributed by atoms with E-state index in [0.717, 1.165) is 5.76 Å². The average Bonchev–Trinajstić information content (AvgIpc) is 2.79. The Balaban J connectivity index is 2.33. The molecule has 6 heteroatoms. The molecule has 0 saturated heterocycles. The van der Waals surface area contributed by atoms with E-state index >= 15 is 0 Å². The Morgan fingerprint density at radius 1 is 1.33 bits per heavy atom. The lowest BCUT2D eigenvalue weighted by Crippen LogP contribution is -2.22. The van der Waals surface area contributed by atoms with E-state index in [1.807, 2.05) is 6.07 Å². The molecule has 1 atom stereocenters. The third-order valence-electron chi connectivity index (χ3n) is 2.39. The van der Waals surface area contributed by atoms with Gasteiger partial charge in [0.2, 0.25) is 0 Å². The summed E-state index contributed by atoms with van der Waals surface area (Å²) in [5, 5.41) is 7.74. The number of nitrogens with zero attached hydrogens (tertiary/aromatic N) is 3. The van der Waals surface area contributed by atoms with Gasteiger partial charge >= 0.3 is 0 Å². The van der Waals surface area contributed by atoms with Crippen LogP contribution in [0.25, 0.3) is 0 Å². The lowest BCUT2D eigenvalue weighted by Gasteiger charge is -2.27. The summed E-state index contributed by atoms with van der Waals surface area (Å²) in [4.78, 5) is 11.7. The molecule has 0 amide bonds. The highest BCUT2D eigenvalue weighted by Crippen LogP contribution is 2.43. The van der Waals surface area contributed by atoms with Gasteiger partial charge in [0.25, 0.3) is 5.56 Å². The molecule has 0 bridgehead atoms. The maximum Gasteiger partial charge on any atom is 0.277 e. The van der Waals surface area contributed by atoms with Gasteiger partial charge in [-0.15, -0.1) is 0 Å². The summed E-state index contributed by atoms with van der Waals surface area (Å²) < 4.78 is 6.59. The van der Waals surface area contributed by atoms with Gasteiger partial charge in [-0.2, -0.15) is 9.19 Å². The summed E-state index contributed by atoms with van der Waals surface area (Å²) in [5.74, 6) is 0.741. The van der Waals surface area contributed by atoms with Crippen molar-refractivity contribution in [2.45, 2.75) is 26.0 Å². The van der Waals surface area contributed by atoms with Crippen molar-refractivity contribution < 1.29 is 4.52 Å². The van der Waals surface area contributed by atoms with Crippen molar-refractivity contribution >= 4 is 11.9 Å². The standard InChI is InChI=1S/C12H15N3O2S/c1-12(2,3)11(9-6-8-14-17-9)18-15-10(16)5-4-7-13-15/h4-8,11H,1-3H3. The molecule has 2 aromatic heterocycles. The fourth-order valence-electron chi connectivity index (χ4n) is 1.52. The number of aromatic nitrogens is 3. The van der Waals surface area contributed by atoms with Crippen LogP contribution in [0.5, 0.6) is 0 Å². The first-order chi connectivity index (χ1) is 8.48. The van der Waals surface area contributed by atoms with Crippen LogP contribution in [0, 0.1) is 5.41 Å². The minimum Gasteiger partial charge on any atom is -0.360 e. The lowest BCUT2D eigenvalue weighted by molar-refractivity contribution is 0.313. The molecular formula is C12H15N3O2S. The molecule has 96 valence electrons. The van der Waals surface area contributed by atoms with Gasteiger partial charge in [-0.1, -0.05) is 25.9 Å². The van der Waals surface area contributed by atoms with Gasteiger partial charge in [-0.3, -0.25) is 4.79 Å². The molecule has 2 rings (SSSR count). The Hall–Kier alpha value is -1.56. The number of hydrogen-bond acceptors (Lipinski definition) is 5. The lowest BCUT2D eigenvalue weighted by atomic mass is 9.90. The fourth-order valence-corrected chi connectivity index (χ4v) is 2.54. The van der Waals surface area contributed by atoms with E-state index in [-0.39, 0.29) is 16.2 Å². The Labute approximate surface area is 109 Å². The summed E-state index contributed by atoms with van der Waals surface area (Å²) in [6.45, 7) is 6.25. The van der Waals surface area contributed by atoms with Gasteiger partial charge in [0, 0.05) is 18.3 Å². The molecule has 0 N–H and O–H groups in total. The predicted octanol–water partition coefficient (Wildman–Crippen LogP) is 2.52. The summed E-state index contributed by atoms with van der Waals surface area (Å²) in [7, 11) is 0. The van der Waals surface area contributed by atoms with Crippen molar-refractivity contribution in [2.24, 2.45) is 5.41 Å². The van der Waals surface area contributed by atoms with E-state index in [9.17, 15) is 4.79 Å². The molecule has 0 aliphatic heterocycles. The van der Waals surface area contributed by atoms with Crippen molar-refractivity contribution in [3.63, 3.8) is 0 Å². The maximum absolute atomic E-state index is 11.7. The normalized spacial score (nSPS) is 13.5. The molecule has 2 heterocycles. The van der Waals surface area contributed by atoms with Crippen molar-refractivity contribution in [1.29, 1.82) is 0 Å². The topological polar surface area (TPSA) is 60.9 Å². The van der Waals surface area contributed by atoms with Gasteiger partial charge in [0.1, 0.15) is 0 Å². The van der Waals surface area contributed by atoms with Crippen LogP contribution in [-0.2, 0) is 0 Å². The van der Waals surface area contributed by atoms with Crippen LogP contribution in [-0.4, -0.2) is 14.3 Å². The first-order valence-electron chi connectivity index (χ1n) is 5.60. The molecule has 0 spiro atoms. The molecule has 5 nitrogen and oxygen atoms in total. The second kappa shape index (κ2) is 4.97. The third kappa shape index (κ3) is 2.81. The van der Waals surface area contributed by atoms with Gasteiger partial charge in [0.05, 0.1) is 11.4 Å². The minimum absolute atomic E-state index is 0.0346. The molecule has 0 fully saturated rings. The molecule has 0 aliphatic rings. The smallest absolute Gasteiger partial charge is 0.277 e. The Morgan fingerprint density at radius 3 is 2.67 bits per heavy atom. The Morgan fingerprint density at radius 2 is 2.11 bits per heavy atom. The highest BCUT2D eigenvalue weighted by atomic mass is 32.2. The van der Waals surface area contributed by atoms with E-state index in [1.165, 1.54) is 22.1 Å². The highest BCUT2D eigenvalue weighted by Gasteiger charge is 2.31. The summed E-state index contributed by atoms with van der Waals surface area (Å²) in [5.41, 5.74) is -0.225. The minimum atomic E-state index is -0.142. The van der Waals surface area contributed by atoms with Crippen molar-refractivity contribution in [1.82, 2.24) is 14.3 Å². The van der Waals surface area contributed by atoms with Gasteiger partial charge in [-0.05, 0) is 23.4 Å². The quantitative estimate of drug-likeness (QED) is 0.853. The zero-order valence-corrected chi connectivity index (χ0v) is 11.3. The second-order valence-corrected chi connectivity index (χ2v) is 6.03. The van der Waals surface area contributed by atoms with E-state index in [2.05, 4.69) is 31.0 Å². The largest absolute Gasteiger partial charge is 0.360 e. The van der Waals surface area contributed by atoms with E-state index in [1.54, 1.807) is 18.5 Å². The third-order valence-corrected chi connectivity index (χ3v) is 4.02. The first kappa shape index (κ1) is 12.9. The van der Waals surface area contributed by atoms with Crippen LogP contribution in [0.3, 0.4) is 0 Å². The van der Waals surface area contributed by atoms with Crippen LogP contribution in [0.15, 0.2) is 39.9 Å². The SMILES string of the molecule is CC(C)(C)C(Sn1ncccc1=O)c1ccno1. The number of rotatable bonds is 3. The average molecular weight is 265 g/mol. The van der Waals surface area contributed by atoms with Crippen LogP contribution >= 0.6 is 11.9 Å². The van der Waals surface area contributed by atoms with Crippen molar-refractivity contribution in [3.05, 3.63) is 46.7 Å². The Bertz CT molecular complexity index is 557. The molecular weight excluding hydrogens is 250 g/mol. The van der Waals surface area contributed by atoms with E-state index in [0.29, 0.717) is 0 Å². The first-order valence-corrected chi connectivity index (χ1v) is 6.44. The predicted molar refractivity (Wildman–Crippen MR) is 70.2 cm³/mol. The van der Waals surface area contributed by atoms with Crippen molar-refractivity contribution in [3.8, 4) is 0 Å². The summed E-state index contributed by atoms with van der Waals surface area (Å²) in [6, 6.07) is 4.93. The van der Waals surface area contributed by atoms with Crippen LogP contribution in [0.2, 0.25) is 0 Å². The number of hydrogen-bond donors (Lipinski definition) is 0. The van der Waals surface area contributed by atoms with Crippen LogP contribution in [0.4, 0.5) is 0 Å². The molecule has 1 unspecified atom stereocenters. The monoisotopic (exact) mass is 265 g/mol. The van der Waals surface area contributed by atoms with Gasteiger partial charge in [0.15, 0.2) is 5.76 Å². The molecule has 0 saturated carbocycles. The molecule has 18 heavy (non-hydrogen) atoms. The molecule has 0 aromatic carbocycles. The van der Waals surface area contributed by atoms with E-state index in [4.69, 9.17) is 4.52 Å². The van der Waals surface area contributed by atoms with Crippen LogP contribution < -0.4 is 5.56 Å².